The summed E-state index contributed by atoms with van der Waals surface area (Å²) in [4.78, 5) is 4.07. The molecule has 2 rings (SSSR count). The number of ether oxygens (including phenoxy) is 1. The monoisotopic (exact) mass is 311 g/mol. The highest BCUT2D eigenvalue weighted by atomic mass is 79.9. The molecule has 0 amide bonds. The number of aromatic nitrogens is 1. The molecule has 2 aromatic rings. The van der Waals surface area contributed by atoms with Gasteiger partial charge in [0.05, 0.1) is 10.7 Å². The van der Waals surface area contributed by atoms with Crippen LogP contribution in [0.15, 0.2) is 41.1 Å². The van der Waals surface area contributed by atoms with E-state index in [2.05, 4.69) is 20.9 Å². The zero-order chi connectivity index (χ0) is 12.3. The lowest BCUT2D eigenvalue weighted by Gasteiger charge is -2.08. The Morgan fingerprint density at radius 3 is 2.82 bits per heavy atom. The first-order valence-electron chi connectivity index (χ1n) is 5.13. The molecule has 0 N–H and O–H groups in total. The van der Waals surface area contributed by atoms with E-state index in [1.54, 1.807) is 12.4 Å². The van der Waals surface area contributed by atoms with Crippen molar-refractivity contribution in [1.82, 2.24) is 4.98 Å². The summed E-state index contributed by atoms with van der Waals surface area (Å²) in [6.45, 7) is 2.03. The zero-order valence-electron chi connectivity index (χ0n) is 9.28. The maximum absolute atomic E-state index is 5.75. The van der Waals surface area contributed by atoms with Gasteiger partial charge in [0.2, 0.25) is 0 Å². The van der Waals surface area contributed by atoms with Crippen molar-refractivity contribution in [1.29, 1.82) is 0 Å². The van der Waals surface area contributed by atoms with Crippen LogP contribution in [0.2, 0.25) is 0 Å². The molecule has 4 heteroatoms. The number of hydrogen-bond acceptors (Lipinski definition) is 2. The lowest BCUT2D eigenvalue weighted by atomic mass is 10.2. The van der Waals surface area contributed by atoms with Crippen LogP contribution in [0.4, 0.5) is 0 Å². The van der Waals surface area contributed by atoms with Gasteiger partial charge in [0, 0.05) is 12.1 Å². The Morgan fingerprint density at radius 1 is 1.29 bits per heavy atom. The lowest BCUT2D eigenvalue weighted by Crippen LogP contribution is -1.89. The molecule has 1 aromatic heterocycles. The molecule has 0 saturated carbocycles. The lowest BCUT2D eigenvalue weighted by molar-refractivity contribution is 0.476. The topological polar surface area (TPSA) is 22.1 Å². The minimum absolute atomic E-state index is 0.430. The minimum Gasteiger partial charge on any atom is -0.455 e. The molecule has 1 heterocycles. The van der Waals surface area contributed by atoms with Gasteiger partial charge in [-0.1, -0.05) is 6.07 Å². The number of rotatable bonds is 3. The Hall–Kier alpha value is -1.06. The van der Waals surface area contributed by atoms with Crippen molar-refractivity contribution in [2.24, 2.45) is 0 Å². The molecule has 0 atom stereocenters. The van der Waals surface area contributed by atoms with Gasteiger partial charge in [-0.15, -0.1) is 11.6 Å². The number of aryl methyl sites for hydroxylation is 1. The fraction of sp³-hybridized carbons (Fsp3) is 0.154. The highest BCUT2D eigenvalue weighted by Crippen LogP contribution is 2.30. The summed E-state index contributed by atoms with van der Waals surface area (Å²) >= 11 is 9.22. The van der Waals surface area contributed by atoms with Crippen LogP contribution in [0.5, 0.6) is 11.5 Å². The molecule has 2 nitrogen and oxygen atoms in total. The summed E-state index contributed by atoms with van der Waals surface area (Å²) in [6.07, 6.45) is 3.40. The Bertz CT molecular complexity index is 531. The van der Waals surface area contributed by atoms with E-state index < -0.39 is 0 Å². The molecule has 0 unspecified atom stereocenters. The maximum Gasteiger partial charge on any atom is 0.146 e. The molecule has 0 saturated heterocycles. The van der Waals surface area contributed by atoms with Crippen LogP contribution in [0.3, 0.4) is 0 Å². The van der Waals surface area contributed by atoms with Crippen molar-refractivity contribution in [3.05, 3.63) is 52.3 Å². The molecule has 88 valence electrons. The molecular weight excluding hydrogens is 302 g/mol. The van der Waals surface area contributed by atoms with Gasteiger partial charge in [0.15, 0.2) is 0 Å². The standard InChI is InChI=1S/C13H11BrClNO/c1-9-2-3-13(12(14)4-9)17-11-5-10(6-15)7-16-8-11/h2-5,7-8H,6H2,1H3. The summed E-state index contributed by atoms with van der Waals surface area (Å²) in [6, 6.07) is 7.81. The smallest absolute Gasteiger partial charge is 0.146 e. The molecular formula is C13H11BrClNO. The summed E-state index contributed by atoms with van der Waals surface area (Å²) in [5.74, 6) is 1.89. The van der Waals surface area contributed by atoms with Gasteiger partial charge in [-0.3, -0.25) is 4.98 Å². The summed E-state index contributed by atoms with van der Waals surface area (Å²) in [5.41, 5.74) is 2.12. The van der Waals surface area contributed by atoms with Crippen LogP contribution in [-0.4, -0.2) is 4.98 Å². The van der Waals surface area contributed by atoms with Crippen LogP contribution < -0.4 is 4.74 Å². The largest absolute Gasteiger partial charge is 0.455 e. The predicted octanol–water partition coefficient (Wildman–Crippen LogP) is 4.68. The molecule has 17 heavy (non-hydrogen) atoms. The second-order valence-electron chi connectivity index (χ2n) is 3.70. The fourth-order valence-corrected chi connectivity index (χ4v) is 2.13. The van der Waals surface area contributed by atoms with Gasteiger partial charge in [0.25, 0.3) is 0 Å². The van der Waals surface area contributed by atoms with Gasteiger partial charge in [-0.2, -0.15) is 0 Å². The van der Waals surface area contributed by atoms with Gasteiger partial charge in [0.1, 0.15) is 11.5 Å². The van der Waals surface area contributed by atoms with E-state index in [-0.39, 0.29) is 0 Å². The second kappa shape index (κ2) is 5.52. The Labute approximate surface area is 114 Å². The first-order chi connectivity index (χ1) is 8.19. The van der Waals surface area contributed by atoms with Crippen LogP contribution >= 0.6 is 27.5 Å². The third kappa shape index (κ3) is 3.20. The Morgan fingerprint density at radius 2 is 2.12 bits per heavy atom. The number of hydrogen-bond donors (Lipinski definition) is 0. The highest BCUT2D eigenvalue weighted by Gasteiger charge is 2.03. The van der Waals surface area contributed by atoms with E-state index in [1.165, 1.54) is 5.56 Å². The van der Waals surface area contributed by atoms with Crippen molar-refractivity contribution < 1.29 is 4.74 Å². The van der Waals surface area contributed by atoms with Crippen molar-refractivity contribution in [3.8, 4) is 11.5 Å². The minimum atomic E-state index is 0.430. The van der Waals surface area contributed by atoms with E-state index in [9.17, 15) is 0 Å². The average molecular weight is 313 g/mol. The molecule has 0 fully saturated rings. The number of alkyl halides is 1. The van der Waals surface area contributed by atoms with Crippen LogP contribution in [0.1, 0.15) is 11.1 Å². The first kappa shape index (κ1) is 12.4. The first-order valence-corrected chi connectivity index (χ1v) is 6.45. The van der Waals surface area contributed by atoms with Gasteiger partial charge in [-0.25, -0.2) is 0 Å². The maximum atomic E-state index is 5.75. The molecule has 1 aromatic carbocycles. The van der Waals surface area contributed by atoms with Crippen LogP contribution in [0, 0.1) is 6.92 Å². The SMILES string of the molecule is Cc1ccc(Oc2cncc(CCl)c2)c(Br)c1. The third-order valence-electron chi connectivity index (χ3n) is 2.24. The van der Waals surface area contributed by atoms with Gasteiger partial charge in [-0.05, 0) is 52.2 Å². The Balaban J connectivity index is 2.25. The quantitative estimate of drug-likeness (QED) is 0.767. The summed E-state index contributed by atoms with van der Waals surface area (Å²) in [5, 5.41) is 0. The molecule has 0 aliphatic heterocycles. The number of benzene rings is 1. The normalized spacial score (nSPS) is 10.3. The van der Waals surface area contributed by atoms with E-state index in [4.69, 9.17) is 16.3 Å². The van der Waals surface area contributed by atoms with E-state index in [0.717, 1.165) is 15.8 Å². The van der Waals surface area contributed by atoms with E-state index in [1.807, 2.05) is 31.2 Å². The van der Waals surface area contributed by atoms with Crippen molar-refractivity contribution in [3.63, 3.8) is 0 Å². The third-order valence-corrected chi connectivity index (χ3v) is 3.17. The summed E-state index contributed by atoms with van der Waals surface area (Å²) < 4.78 is 6.66. The molecule has 0 aliphatic carbocycles. The van der Waals surface area contributed by atoms with Gasteiger partial charge >= 0.3 is 0 Å². The van der Waals surface area contributed by atoms with Crippen molar-refractivity contribution in [2.75, 3.05) is 0 Å². The molecule has 0 aliphatic rings. The number of nitrogens with zero attached hydrogens (tertiary/aromatic N) is 1. The number of pyridine rings is 1. The van der Waals surface area contributed by atoms with Crippen molar-refractivity contribution >= 4 is 27.5 Å². The fourth-order valence-electron chi connectivity index (χ4n) is 1.41. The molecule has 0 spiro atoms. The summed E-state index contributed by atoms with van der Waals surface area (Å²) in [7, 11) is 0. The zero-order valence-corrected chi connectivity index (χ0v) is 11.6. The Kier molecular flexibility index (Phi) is 4.02. The second-order valence-corrected chi connectivity index (χ2v) is 4.82. The van der Waals surface area contributed by atoms with E-state index >= 15 is 0 Å². The predicted molar refractivity (Wildman–Crippen MR) is 72.7 cm³/mol. The molecule has 0 bridgehead atoms. The van der Waals surface area contributed by atoms with Crippen molar-refractivity contribution in [2.45, 2.75) is 12.8 Å². The average Bonchev–Trinajstić information content (AvgIpc) is 2.33. The van der Waals surface area contributed by atoms with Gasteiger partial charge < -0.3 is 4.74 Å². The van der Waals surface area contributed by atoms with Crippen LogP contribution in [0.25, 0.3) is 0 Å². The van der Waals surface area contributed by atoms with Crippen LogP contribution in [-0.2, 0) is 5.88 Å². The number of halogens is 2. The molecule has 0 radical (unpaired) electrons. The van der Waals surface area contributed by atoms with E-state index in [0.29, 0.717) is 11.6 Å². The highest BCUT2D eigenvalue weighted by molar-refractivity contribution is 9.10.